The molecule has 80 valence electrons. The van der Waals surface area contributed by atoms with Gasteiger partial charge >= 0.3 is 0 Å². The van der Waals surface area contributed by atoms with E-state index < -0.39 is 0 Å². The van der Waals surface area contributed by atoms with Gasteiger partial charge in [0.25, 0.3) is 0 Å². The molecule has 2 N–H and O–H groups in total. The van der Waals surface area contributed by atoms with E-state index >= 15 is 0 Å². The van der Waals surface area contributed by atoms with Gasteiger partial charge in [-0.25, -0.2) is 0 Å². The van der Waals surface area contributed by atoms with Crippen LogP contribution in [0.4, 0.5) is 0 Å². The third-order valence-electron chi connectivity index (χ3n) is 2.81. The maximum atomic E-state index is 9.87. The topological polar surface area (TPSA) is 32.3 Å². The van der Waals surface area contributed by atoms with Crippen LogP contribution < -0.4 is 5.32 Å². The average Bonchev–Trinajstić information content (AvgIpc) is 2.23. The number of nitrogens with one attached hydrogen (secondary N) is 1. The Morgan fingerprint density at radius 1 is 1.47 bits per heavy atom. The van der Waals surface area contributed by atoms with E-state index in [0.717, 1.165) is 24.1 Å². The van der Waals surface area contributed by atoms with Crippen LogP contribution in [0.15, 0.2) is 24.4 Å². The van der Waals surface area contributed by atoms with Crippen LogP contribution in [0, 0.1) is 5.92 Å². The second-order valence-electron chi connectivity index (χ2n) is 3.88. The highest BCUT2D eigenvalue weighted by Gasteiger charge is 2.18. The molecule has 1 aromatic carbocycles. The van der Waals surface area contributed by atoms with Crippen molar-refractivity contribution in [3.05, 3.63) is 35.0 Å². The highest BCUT2D eigenvalue weighted by atomic mass is 35.5. The first-order valence-electron chi connectivity index (χ1n) is 5.11. The summed E-state index contributed by atoms with van der Waals surface area (Å²) in [7, 11) is 0. The number of hydrogen-bond acceptors (Lipinski definition) is 2. The zero-order valence-corrected chi connectivity index (χ0v) is 9.38. The smallest absolute Gasteiger partial charge is 0.141 e. The van der Waals surface area contributed by atoms with Crippen molar-refractivity contribution in [2.45, 2.75) is 13.3 Å². The van der Waals surface area contributed by atoms with E-state index in [-0.39, 0.29) is 5.75 Å². The third kappa shape index (κ3) is 1.95. The molecule has 1 aromatic rings. The molecule has 3 heteroatoms. The Bertz CT molecular complexity index is 401. The summed E-state index contributed by atoms with van der Waals surface area (Å²) in [6, 6.07) is 5.46. The number of benzene rings is 1. The molecule has 0 radical (unpaired) electrons. The summed E-state index contributed by atoms with van der Waals surface area (Å²) >= 11 is 5.88. The van der Waals surface area contributed by atoms with Gasteiger partial charge in [0.1, 0.15) is 5.75 Å². The second-order valence-corrected chi connectivity index (χ2v) is 4.29. The van der Waals surface area contributed by atoms with E-state index in [1.54, 1.807) is 6.07 Å². The predicted octanol–water partition coefficient (Wildman–Crippen LogP) is 3.02. The fourth-order valence-electron chi connectivity index (χ4n) is 1.87. The summed E-state index contributed by atoms with van der Waals surface area (Å²) in [6.45, 7) is 3.15. The van der Waals surface area contributed by atoms with E-state index in [4.69, 9.17) is 11.6 Å². The molecule has 1 aliphatic rings. The minimum atomic E-state index is 0.181. The Labute approximate surface area is 94.6 Å². The van der Waals surface area contributed by atoms with E-state index in [0.29, 0.717) is 10.9 Å². The standard InChI is InChI=1S/C12H14ClNO/c1-8-5-6-14-7-10(8)9-3-2-4-11(13)12(9)15/h2-4,7-8,14-15H,5-6H2,1H3/t8-/m0/s1. The molecular formula is C12H14ClNO. The normalized spacial score (nSPS) is 20.7. The Kier molecular flexibility index (Phi) is 2.87. The number of allylic oxidation sites excluding steroid dienone is 1. The number of phenolic OH excluding ortho intramolecular Hbond substituents is 1. The monoisotopic (exact) mass is 223 g/mol. The van der Waals surface area contributed by atoms with Gasteiger partial charge in [0, 0.05) is 18.3 Å². The molecule has 0 unspecified atom stereocenters. The Morgan fingerprint density at radius 2 is 2.27 bits per heavy atom. The summed E-state index contributed by atoms with van der Waals surface area (Å²) in [5.41, 5.74) is 1.96. The first-order chi connectivity index (χ1) is 7.20. The van der Waals surface area contributed by atoms with Gasteiger partial charge in [-0.1, -0.05) is 30.7 Å². The lowest BCUT2D eigenvalue weighted by atomic mass is 9.90. The van der Waals surface area contributed by atoms with Crippen molar-refractivity contribution in [3.63, 3.8) is 0 Å². The second kappa shape index (κ2) is 4.15. The van der Waals surface area contributed by atoms with E-state index in [2.05, 4.69) is 12.2 Å². The Balaban J connectivity index is 2.44. The van der Waals surface area contributed by atoms with Gasteiger partial charge < -0.3 is 10.4 Å². The number of phenols is 1. The first-order valence-corrected chi connectivity index (χ1v) is 5.49. The maximum Gasteiger partial charge on any atom is 0.141 e. The van der Waals surface area contributed by atoms with Gasteiger partial charge in [0.2, 0.25) is 0 Å². The van der Waals surface area contributed by atoms with Crippen molar-refractivity contribution in [3.8, 4) is 5.75 Å². The van der Waals surface area contributed by atoms with Gasteiger partial charge in [-0.15, -0.1) is 0 Å². The van der Waals surface area contributed by atoms with Crippen LogP contribution in [0.1, 0.15) is 18.9 Å². The van der Waals surface area contributed by atoms with Crippen molar-refractivity contribution in [1.29, 1.82) is 0 Å². The molecule has 0 saturated carbocycles. The van der Waals surface area contributed by atoms with Crippen molar-refractivity contribution in [2.24, 2.45) is 5.92 Å². The molecule has 0 amide bonds. The van der Waals surface area contributed by atoms with Crippen LogP contribution in [0.5, 0.6) is 5.75 Å². The summed E-state index contributed by atoms with van der Waals surface area (Å²) in [5, 5.41) is 13.5. The molecule has 0 spiro atoms. The largest absolute Gasteiger partial charge is 0.506 e. The predicted molar refractivity (Wildman–Crippen MR) is 62.9 cm³/mol. The molecule has 1 aliphatic heterocycles. The average molecular weight is 224 g/mol. The lowest BCUT2D eigenvalue weighted by Crippen LogP contribution is -2.19. The number of rotatable bonds is 1. The lowest BCUT2D eigenvalue weighted by Gasteiger charge is -2.22. The van der Waals surface area contributed by atoms with E-state index in [9.17, 15) is 5.11 Å². The molecule has 0 aromatic heterocycles. The van der Waals surface area contributed by atoms with Crippen LogP contribution in [-0.4, -0.2) is 11.7 Å². The van der Waals surface area contributed by atoms with Gasteiger partial charge in [-0.2, -0.15) is 0 Å². The fraction of sp³-hybridized carbons (Fsp3) is 0.333. The van der Waals surface area contributed by atoms with E-state index in [1.165, 1.54) is 0 Å². The molecule has 0 aliphatic carbocycles. The van der Waals surface area contributed by atoms with Crippen LogP contribution in [0.25, 0.3) is 5.57 Å². The molecule has 0 saturated heterocycles. The van der Waals surface area contributed by atoms with Crippen LogP contribution >= 0.6 is 11.6 Å². The van der Waals surface area contributed by atoms with Crippen molar-refractivity contribution in [1.82, 2.24) is 5.32 Å². The maximum absolute atomic E-state index is 9.87. The lowest BCUT2D eigenvalue weighted by molar-refractivity contribution is 0.471. The van der Waals surface area contributed by atoms with Crippen molar-refractivity contribution in [2.75, 3.05) is 6.54 Å². The molecule has 0 bridgehead atoms. The molecule has 0 fully saturated rings. The van der Waals surface area contributed by atoms with Gasteiger partial charge in [-0.3, -0.25) is 0 Å². The summed E-state index contributed by atoms with van der Waals surface area (Å²) in [5.74, 6) is 0.636. The van der Waals surface area contributed by atoms with Gasteiger partial charge in [-0.05, 0) is 24.0 Å². The molecule has 1 atom stereocenters. The number of hydrogen-bond donors (Lipinski definition) is 2. The first kappa shape index (κ1) is 10.4. The Morgan fingerprint density at radius 3 is 3.00 bits per heavy atom. The fourth-order valence-corrected chi connectivity index (χ4v) is 2.05. The number of halogens is 1. The van der Waals surface area contributed by atoms with Crippen molar-refractivity contribution < 1.29 is 5.11 Å². The zero-order valence-electron chi connectivity index (χ0n) is 8.63. The minimum absolute atomic E-state index is 0.181. The summed E-state index contributed by atoms with van der Waals surface area (Å²) in [6.07, 6.45) is 3.05. The third-order valence-corrected chi connectivity index (χ3v) is 3.11. The van der Waals surface area contributed by atoms with Gasteiger partial charge in [0.05, 0.1) is 5.02 Å². The highest BCUT2D eigenvalue weighted by molar-refractivity contribution is 6.32. The Hall–Kier alpha value is -1.15. The molecule has 2 nitrogen and oxygen atoms in total. The molecule has 2 rings (SSSR count). The van der Waals surface area contributed by atoms with Crippen molar-refractivity contribution >= 4 is 17.2 Å². The molecular weight excluding hydrogens is 210 g/mol. The molecule has 1 heterocycles. The van der Waals surface area contributed by atoms with Crippen LogP contribution in [0.2, 0.25) is 5.02 Å². The molecule has 15 heavy (non-hydrogen) atoms. The quantitative estimate of drug-likeness (QED) is 0.767. The highest BCUT2D eigenvalue weighted by Crippen LogP contribution is 2.36. The summed E-state index contributed by atoms with van der Waals surface area (Å²) < 4.78 is 0. The van der Waals surface area contributed by atoms with E-state index in [1.807, 2.05) is 18.3 Å². The number of aromatic hydroxyl groups is 1. The summed E-state index contributed by atoms with van der Waals surface area (Å²) in [4.78, 5) is 0. The van der Waals surface area contributed by atoms with Crippen LogP contribution in [0.3, 0.4) is 0 Å². The van der Waals surface area contributed by atoms with Gasteiger partial charge in [0.15, 0.2) is 0 Å². The number of para-hydroxylation sites is 1. The van der Waals surface area contributed by atoms with Crippen LogP contribution in [-0.2, 0) is 0 Å². The minimum Gasteiger partial charge on any atom is -0.506 e. The zero-order chi connectivity index (χ0) is 10.8. The SMILES string of the molecule is C[C@H]1CCNC=C1c1cccc(Cl)c1O.